The second-order valence-electron chi connectivity index (χ2n) is 4.73. The van der Waals surface area contributed by atoms with Gasteiger partial charge in [0.15, 0.2) is 4.96 Å². The molecule has 3 aromatic heterocycles. The number of hydrogen-bond donors (Lipinski definition) is 1. The van der Waals surface area contributed by atoms with Gasteiger partial charge in [0.25, 0.3) is 0 Å². The summed E-state index contributed by atoms with van der Waals surface area (Å²) in [6, 6.07) is 1.79. The zero-order valence-electron chi connectivity index (χ0n) is 11.5. The van der Waals surface area contributed by atoms with E-state index in [1.54, 1.807) is 29.8 Å². The Morgan fingerprint density at radius 2 is 2.33 bits per heavy atom. The van der Waals surface area contributed by atoms with Gasteiger partial charge in [0.2, 0.25) is 5.88 Å². The van der Waals surface area contributed by atoms with E-state index in [9.17, 15) is 0 Å². The number of rotatable bonds is 5. The van der Waals surface area contributed by atoms with Gasteiger partial charge in [-0.25, -0.2) is 0 Å². The first kappa shape index (κ1) is 14.3. The maximum Gasteiger partial charge on any atom is 0.242 e. The molecule has 0 aliphatic rings. The molecule has 0 aliphatic heterocycles. The number of ether oxygens (including phenoxy) is 1. The normalized spacial score (nSPS) is 12.7. The minimum atomic E-state index is 0.0737. The molecule has 0 saturated carbocycles. The van der Waals surface area contributed by atoms with Crippen molar-refractivity contribution in [2.24, 2.45) is 5.73 Å². The molecule has 3 aromatic rings. The Morgan fingerprint density at radius 3 is 3.10 bits per heavy atom. The molecular formula is C14H15ClN4OS. The minimum Gasteiger partial charge on any atom is -0.436 e. The zero-order chi connectivity index (χ0) is 14.8. The predicted molar refractivity (Wildman–Crippen MR) is 84.4 cm³/mol. The third-order valence-electron chi connectivity index (χ3n) is 3.20. The van der Waals surface area contributed by atoms with Gasteiger partial charge in [-0.3, -0.25) is 9.38 Å². The van der Waals surface area contributed by atoms with Crippen LogP contribution in [-0.2, 0) is 6.42 Å². The second kappa shape index (κ2) is 6.01. The Balaban J connectivity index is 1.97. The van der Waals surface area contributed by atoms with Crippen LogP contribution in [0.3, 0.4) is 0 Å². The minimum absolute atomic E-state index is 0.0737. The molecule has 2 N–H and O–H groups in total. The topological polar surface area (TPSA) is 65.4 Å². The van der Waals surface area contributed by atoms with Crippen molar-refractivity contribution >= 4 is 27.9 Å². The van der Waals surface area contributed by atoms with Crippen LogP contribution < -0.4 is 10.5 Å². The Morgan fingerprint density at radius 1 is 1.48 bits per heavy atom. The number of fused-ring (bicyclic) bond motifs is 1. The van der Waals surface area contributed by atoms with Crippen molar-refractivity contribution in [1.29, 1.82) is 0 Å². The molecule has 0 spiro atoms. The van der Waals surface area contributed by atoms with E-state index in [0.29, 0.717) is 23.1 Å². The van der Waals surface area contributed by atoms with Crippen LogP contribution in [-0.4, -0.2) is 20.4 Å². The lowest BCUT2D eigenvalue weighted by Crippen LogP contribution is -2.22. The van der Waals surface area contributed by atoms with Crippen LogP contribution in [0.25, 0.3) is 4.96 Å². The average molecular weight is 323 g/mol. The first-order valence-corrected chi connectivity index (χ1v) is 7.91. The van der Waals surface area contributed by atoms with E-state index in [4.69, 9.17) is 22.1 Å². The highest BCUT2D eigenvalue weighted by molar-refractivity contribution is 7.15. The van der Waals surface area contributed by atoms with Crippen LogP contribution in [0.2, 0.25) is 5.02 Å². The molecule has 3 rings (SSSR count). The van der Waals surface area contributed by atoms with E-state index in [1.807, 2.05) is 16.0 Å². The van der Waals surface area contributed by atoms with E-state index in [0.717, 1.165) is 17.1 Å². The third-order valence-corrected chi connectivity index (χ3v) is 4.16. The molecule has 5 nitrogen and oxygen atoms in total. The lowest BCUT2D eigenvalue weighted by molar-refractivity contribution is 0.453. The Hall–Kier alpha value is -1.63. The molecule has 0 aromatic carbocycles. The number of hydrogen-bond acceptors (Lipinski definition) is 5. The van der Waals surface area contributed by atoms with Gasteiger partial charge in [0.05, 0.1) is 16.9 Å². The van der Waals surface area contributed by atoms with E-state index in [2.05, 4.69) is 16.9 Å². The van der Waals surface area contributed by atoms with Crippen LogP contribution in [0, 0.1) is 0 Å². The van der Waals surface area contributed by atoms with Gasteiger partial charge >= 0.3 is 0 Å². The van der Waals surface area contributed by atoms with Gasteiger partial charge in [-0.15, -0.1) is 11.3 Å². The number of aromatic nitrogens is 3. The fourth-order valence-corrected chi connectivity index (χ4v) is 2.92. The quantitative estimate of drug-likeness (QED) is 0.780. The maximum absolute atomic E-state index is 6.08. The molecule has 0 amide bonds. The van der Waals surface area contributed by atoms with Crippen LogP contribution in [0.4, 0.5) is 0 Å². The number of halogens is 1. The summed E-state index contributed by atoms with van der Waals surface area (Å²) < 4.78 is 7.87. The summed E-state index contributed by atoms with van der Waals surface area (Å²) in [6.07, 6.45) is 6.76. The molecule has 7 heteroatoms. The molecule has 0 aliphatic carbocycles. The highest BCUT2D eigenvalue weighted by atomic mass is 35.5. The lowest BCUT2D eigenvalue weighted by Gasteiger charge is -2.10. The van der Waals surface area contributed by atoms with Gasteiger partial charge in [-0.2, -0.15) is 4.98 Å². The van der Waals surface area contributed by atoms with Crippen molar-refractivity contribution in [3.05, 3.63) is 40.8 Å². The van der Waals surface area contributed by atoms with Crippen LogP contribution in [0.5, 0.6) is 11.6 Å². The van der Waals surface area contributed by atoms with Gasteiger partial charge in [0, 0.05) is 36.3 Å². The van der Waals surface area contributed by atoms with Crippen molar-refractivity contribution in [1.82, 2.24) is 14.4 Å². The molecule has 0 fully saturated rings. The predicted octanol–water partition coefficient (Wildman–Crippen LogP) is 3.52. The summed E-state index contributed by atoms with van der Waals surface area (Å²) in [4.78, 5) is 9.42. The third kappa shape index (κ3) is 3.02. The first-order valence-electron chi connectivity index (χ1n) is 6.65. The smallest absolute Gasteiger partial charge is 0.242 e. The molecule has 1 atom stereocenters. The fraction of sp³-hybridized carbons (Fsp3) is 0.286. The largest absolute Gasteiger partial charge is 0.436 e. The monoisotopic (exact) mass is 322 g/mol. The van der Waals surface area contributed by atoms with Crippen LogP contribution >= 0.6 is 22.9 Å². The van der Waals surface area contributed by atoms with Gasteiger partial charge in [-0.1, -0.05) is 18.5 Å². The number of nitrogens with two attached hydrogens (primary N) is 1. The summed E-state index contributed by atoms with van der Waals surface area (Å²) in [5.41, 5.74) is 7.06. The molecule has 0 saturated heterocycles. The number of nitrogens with zero attached hydrogens (tertiary/aromatic N) is 3. The van der Waals surface area contributed by atoms with Crippen LogP contribution in [0.1, 0.15) is 19.0 Å². The molecule has 0 radical (unpaired) electrons. The molecular weight excluding hydrogens is 308 g/mol. The summed E-state index contributed by atoms with van der Waals surface area (Å²) >= 11 is 7.49. The van der Waals surface area contributed by atoms with Crippen molar-refractivity contribution < 1.29 is 4.74 Å². The Bertz CT molecular complexity index is 754. The molecule has 1 unspecified atom stereocenters. The van der Waals surface area contributed by atoms with Crippen LogP contribution in [0.15, 0.2) is 30.0 Å². The molecule has 110 valence electrons. The second-order valence-corrected chi connectivity index (χ2v) is 6.04. The first-order chi connectivity index (χ1) is 10.2. The number of imidazole rings is 1. The highest BCUT2D eigenvalue weighted by Crippen LogP contribution is 2.29. The van der Waals surface area contributed by atoms with Gasteiger partial charge in [-0.05, 0) is 6.42 Å². The van der Waals surface area contributed by atoms with E-state index in [1.165, 1.54) is 0 Å². The maximum atomic E-state index is 6.08. The Labute approximate surface area is 131 Å². The molecule has 0 bridgehead atoms. The summed E-state index contributed by atoms with van der Waals surface area (Å²) in [5, 5.41) is 2.52. The zero-order valence-corrected chi connectivity index (χ0v) is 13.1. The highest BCUT2D eigenvalue weighted by Gasteiger charge is 2.17. The van der Waals surface area contributed by atoms with E-state index in [-0.39, 0.29) is 6.04 Å². The summed E-state index contributed by atoms with van der Waals surface area (Å²) in [6.45, 7) is 2.07. The van der Waals surface area contributed by atoms with Gasteiger partial charge < -0.3 is 10.5 Å². The van der Waals surface area contributed by atoms with Crippen molar-refractivity contribution in [2.45, 2.75) is 25.8 Å². The van der Waals surface area contributed by atoms with Crippen molar-refractivity contribution in [3.8, 4) is 11.6 Å². The lowest BCUT2D eigenvalue weighted by atomic mass is 10.1. The molecule has 3 heterocycles. The standard InChI is InChI=1S/C14H15ClN4OS/c1-2-10(16)6-12-13(18-14-19(12)3-4-21-14)20-11-5-9(15)7-17-8-11/h3-5,7-8,10H,2,6,16H2,1H3. The van der Waals surface area contributed by atoms with Crippen molar-refractivity contribution in [3.63, 3.8) is 0 Å². The molecule has 21 heavy (non-hydrogen) atoms. The summed E-state index contributed by atoms with van der Waals surface area (Å²) in [7, 11) is 0. The Kier molecular flexibility index (Phi) is 4.10. The van der Waals surface area contributed by atoms with E-state index < -0.39 is 0 Å². The van der Waals surface area contributed by atoms with Crippen molar-refractivity contribution in [2.75, 3.05) is 0 Å². The fourth-order valence-electron chi connectivity index (χ4n) is 2.03. The summed E-state index contributed by atoms with van der Waals surface area (Å²) in [5.74, 6) is 1.13. The van der Waals surface area contributed by atoms with E-state index >= 15 is 0 Å². The number of thiazole rings is 1. The number of pyridine rings is 1. The van der Waals surface area contributed by atoms with Gasteiger partial charge in [0.1, 0.15) is 5.75 Å². The SMILES string of the molecule is CCC(N)Cc1c(Oc2cncc(Cl)c2)nc2sccn12. The average Bonchev–Trinajstić information content (AvgIpc) is 3.02.